The smallest absolute Gasteiger partial charge is 0.248 e. The SMILES string of the molecule is C=CCCCCS(N)=O.C=C[C@@H](CCCN1CC(CCCc2cccc(Cl)c2)COc2ccc(C(N)=O)cc21)OC.CC.CC. The van der Waals surface area contributed by atoms with E-state index in [4.69, 9.17) is 31.9 Å². The number of methoxy groups -OCH3 is 1. The summed E-state index contributed by atoms with van der Waals surface area (Å²) in [5.41, 5.74) is 8.22. The molecule has 0 spiro atoms. The minimum atomic E-state index is -1.10. The van der Waals surface area contributed by atoms with Crippen LogP contribution in [-0.4, -0.2) is 48.8 Å². The topological polar surface area (TPSA) is 108 Å². The Bertz CT molecular complexity index is 1130. The first-order chi connectivity index (χ1) is 21.8. The molecule has 1 amide bonds. The summed E-state index contributed by atoms with van der Waals surface area (Å²) in [7, 11) is 0.602. The fourth-order valence-corrected chi connectivity index (χ4v) is 5.43. The normalized spacial score (nSPS) is 14.6. The average molecular weight is 664 g/mol. The largest absolute Gasteiger partial charge is 0.491 e. The van der Waals surface area contributed by atoms with Crippen molar-refractivity contribution in [1.82, 2.24) is 0 Å². The average Bonchev–Trinajstić information content (AvgIpc) is 3.22. The lowest BCUT2D eigenvalue weighted by molar-refractivity contribution is 0.1000. The molecule has 1 aliphatic heterocycles. The summed E-state index contributed by atoms with van der Waals surface area (Å²) in [5, 5.41) is 5.80. The van der Waals surface area contributed by atoms with Gasteiger partial charge < -0.3 is 20.1 Å². The van der Waals surface area contributed by atoms with E-state index in [9.17, 15) is 9.00 Å². The molecule has 0 aromatic heterocycles. The second kappa shape index (κ2) is 26.6. The Balaban J connectivity index is 0.00000127. The molecule has 9 heteroatoms. The summed E-state index contributed by atoms with van der Waals surface area (Å²) in [6.07, 6.45) is 11.7. The number of amides is 1. The first-order valence-corrected chi connectivity index (χ1v) is 18.0. The van der Waals surface area contributed by atoms with Gasteiger partial charge in [0.2, 0.25) is 5.91 Å². The monoisotopic (exact) mass is 663 g/mol. The number of halogens is 1. The lowest BCUT2D eigenvalue weighted by Crippen LogP contribution is -2.31. The zero-order valence-electron chi connectivity index (χ0n) is 28.3. The van der Waals surface area contributed by atoms with Crippen molar-refractivity contribution in [1.29, 1.82) is 0 Å². The van der Waals surface area contributed by atoms with Crippen molar-refractivity contribution < 1.29 is 18.5 Å². The highest BCUT2D eigenvalue weighted by atomic mass is 35.5. The number of carbonyl (C=O) groups is 1. The fourth-order valence-electron chi connectivity index (χ4n) is 4.73. The Morgan fingerprint density at radius 3 is 2.47 bits per heavy atom. The number of nitrogens with two attached hydrogens (primary N) is 2. The van der Waals surface area contributed by atoms with Gasteiger partial charge in [0.25, 0.3) is 0 Å². The molecule has 0 saturated heterocycles. The number of ether oxygens (including phenoxy) is 2. The molecule has 0 bridgehead atoms. The van der Waals surface area contributed by atoms with Crippen LogP contribution in [0.1, 0.15) is 88.6 Å². The van der Waals surface area contributed by atoms with Crippen LogP contribution < -0.4 is 20.5 Å². The maximum Gasteiger partial charge on any atom is 0.248 e. The number of fused-ring (bicyclic) bond motifs is 1. The number of anilines is 1. The molecule has 1 heterocycles. The molecule has 1 aliphatic rings. The van der Waals surface area contributed by atoms with E-state index in [1.54, 1.807) is 13.2 Å². The Labute approximate surface area is 281 Å². The number of allylic oxidation sites excluding steroid dienone is 1. The number of carbonyl (C=O) groups excluding carboxylic acids is 1. The van der Waals surface area contributed by atoms with E-state index in [1.165, 1.54) is 5.56 Å². The number of benzene rings is 2. The standard InChI is InChI=1S/C26H33ClN2O3.C6H13NOS.2C2H6/c1-3-23(31-2)11-6-14-29-17-20(9-4-7-19-8-5-10-22(27)15-19)18-32-25-13-12-21(26(28)30)16-24(25)29;1-2-3-4-5-6-9(7)8;2*1-2/h3,5,8,10,12-13,15-16,20,23H,1,4,6-7,9,11,14,17-18H2,2H3,(H2,28,30);2H,1,3-7H2;2*1-2H3/t20?,23-;;;/m0.../s1. The highest BCUT2D eigenvalue weighted by molar-refractivity contribution is 7.82. The number of hydrogen-bond donors (Lipinski definition) is 2. The van der Waals surface area contributed by atoms with Crippen LogP contribution in [0.25, 0.3) is 0 Å². The molecule has 3 atom stereocenters. The Hall–Kier alpha value is -2.65. The maximum atomic E-state index is 11.8. The van der Waals surface area contributed by atoms with Crippen molar-refractivity contribution in [2.45, 2.75) is 85.2 Å². The van der Waals surface area contributed by atoms with Crippen LogP contribution in [0.4, 0.5) is 5.69 Å². The molecule has 0 aliphatic carbocycles. The van der Waals surface area contributed by atoms with Crippen LogP contribution in [0.15, 0.2) is 67.8 Å². The van der Waals surface area contributed by atoms with Crippen molar-refractivity contribution in [3.05, 3.63) is 83.9 Å². The number of unbranched alkanes of at least 4 members (excludes halogenated alkanes) is 2. The van der Waals surface area contributed by atoms with Crippen LogP contribution >= 0.6 is 11.6 Å². The van der Waals surface area contributed by atoms with Crippen LogP contribution in [0.5, 0.6) is 5.75 Å². The molecule has 4 N–H and O–H groups in total. The van der Waals surface area contributed by atoms with Gasteiger partial charge in [-0.3, -0.25) is 9.93 Å². The van der Waals surface area contributed by atoms with E-state index < -0.39 is 16.9 Å². The third-order valence-corrected chi connectivity index (χ3v) is 7.92. The van der Waals surface area contributed by atoms with Crippen molar-refractivity contribution in [2.75, 3.05) is 37.5 Å². The van der Waals surface area contributed by atoms with Crippen LogP contribution in [0, 0.1) is 5.92 Å². The lowest BCUT2D eigenvalue weighted by atomic mass is 9.99. The molecule has 2 aromatic carbocycles. The number of hydrogen-bond acceptors (Lipinski definition) is 5. The zero-order valence-corrected chi connectivity index (χ0v) is 29.8. The van der Waals surface area contributed by atoms with Crippen LogP contribution in [-0.2, 0) is 22.1 Å². The molecule has 45 heavy (non-hydrogen) atoms. The summed E-state index contributed by atoms with van der Waals surface area (Å²) < 4.78 is 21.9. The third-order valence-electron chi connectivity index (χ3n) is 6.99. The predicted octanol–water partition coefficient (Wildman–Crippen LogP) is 8.28. The van der Waals surface area contributed by atoms with E-state index in [2.05, 4.69) is 24.1 Å². The second-order valence-corrected chi connectivity index (χ2v) is 11.8. The van der Waals surface area contributed by atoms with Crippen molar-refractivity contribution in [3.63, 3.8) is 0 Å². The zero-order chi connectivity index (χ0) is 34.0. The Morgan fingerprint density at radius 1 is 1.13 bits per heavy atom. The minimum Gasteiger partial charge on any atom is -0.491 e. The molecular formula is C36H58ClN3O4S. The first kappa shape index (κ1) is 42.3. The van der Waals surface area contributed by atoms with Crippen molar-refractivity contribution in [3.8, 4) is 5.75 Å². The molecule has 2 aromatic rings. The van der Waals surface area contributed by atoms with Gasteiger partial charge in [-0.25, -0.2) is 4.21 Å². The Morgan fingerprint density at radius 2 is 1.87 bits per heavy atom. The van der Waals surface area contributed by atoms with Crippen molar-refractivity contribution >= 4 is 34.2 Å². The van der Waals surface area contributed by atoms with Gasteiger partial charge in [-0.1, -0.05) is 63.6 Å². The summed E-state index contributed by atoms with van der Waals surface area (Å²) in [6.45, 7) is 17.8. The molecule has 0 fully saturated rings. The fraction of sp³-hybridized carbons (Fsp3) is 0.528. The minimum absolute atomic E-state index is 0.0446. The maximum absolute atomic E-state index is 11.8. The van der Waals surface area contributed by atoms with Gasteiger partial charge in [0.1, 0.15) is 5.75 Å². The molecule has 0 saturated carbocycles. The first-order valence-electron chi connectivity index (χ1n) is 16.2. The van der Waals surface area contributed by atoms with E-state index in [0.29, 0.717) is 23.8 Å². The van der Waals surface area contributed by atoms with Gasteiger partial charge in [0.15, 0.2) is 0 Å². The number of aryl methyl sites for hydroxylation is 1. The highest BCUT2D eigenvalue weighted by Gasteiger charge is 2.24. The van der Waals surface area contributed by atoms with Gasteiger partial charge in [-0.15, -0.1) is 13.2 Å². The van der Waals surface area contributed by atoms with E-state index in [-0.39, 0.29) is 6.10 Å². The van der Waals surface area contributed by atoms with Crippen LogP contribution in [0.2, 0.25) is 5.02 Å². The summed E-state index contributed by atoms with van der Waals surface area (Å²) in [4.78, 5) is 14.1. The lowest BCUT2D eigenvalue weighted by Gasteiger charge is -2.27. The van der Waals surface area contributed by atoms with Gasteiger partial charge >= 0.3 is 0 Å². The van der Waals surface area contributed by atoms with Gasteiger partial charge in [-0.05, 0) is 87.3 Å². The van der Waals surface area contributed by atoms with Crippen molar-refractivity contribution in [2.24, 2.45) is 16.8 Å². The number of rotatable bonds is 16. The van der Waals surface area contributed by atoms with E-state index >= 15 is 0 Å². The molecular weight excluding hydrogens is 606 g/mol. The second-order valence-electron chi connectivity index (χ2n) is 10.2. The summed E-state index contributed by atoms with van der Waals surface area (Å²) >= 11 is 6.12. The molecule has 3 rings (SSSR count). The third kappa shape index (κ3) is 18.2. The van der Waals surface area contributed by atoms with E-state index in [0.717, 1.165) is 80.9 Å². The predicted molar refractivity (Wildman–Crippen MR) is 195 cm³/mol. The molecule has 0 radical (unpaired) electrons. The Kier molecular flexibility index (Phi) is 25.0. The van der Waals surface area contributed by atoms with Gasteiger partial charge in [0, 0.05) is 42.5 Å². The summed E-state index contributed by atoms with van der Waals surface area (Å²) in [6, 6.07) is 13.5. The number of primary amides is 1. The van der Waals surface area contributed by atoms with Gasteiger partial charge in [-0.2, -0.15) is 0 Å². The summed E-state index contributed by atoms with van der Waals surface area (Å²) in [5.74, 6) is 1.38. The highest BCUT2D eigenvalue weighted by Crippen LogP contribution is 2.34. The van der Waals surface area contributed by atoms with Gasteiger partial charge in [0.05, 0.1) is 29.4 Å². The quantitative estimate of drug-likeness (QED) is 0.139. The molecule has 7 nitrogen and oxygen atoms in total. The van der Waals surface area contributed by atoms with Crippen LogP contribution in [0.3, 0.4) is 0 Å². The molecule has 2 unspecified atom stereocenters. The molecule has 254 valence electrons. The van der Waals surface area contributed by atoms with E-state index in [1.807, 2.05) is 70.2 Å². The number of nitrogens with zero attached hydrogens (tertiary/aromatic N) is 1.